The molecule has 6 heteroatoms. The van der Waals surface area contributed by atoms with Crippen molar-refractivity contribution in [2.45, 2.75) is 309 Å². The number of aliphatic hydroxyl groups excluding tert-OH is 2. The van der Waals surface area contributed by atoms with E-state index in [1.54, 1.807) is 0 Å². The maximum atomic E-state index is 13.2. The number of allylic oxidation sites excluding steroid dienone is 8. The summed E-state index contributed by atoms with van der Waals surface area (Å²) in [6.07, 6.45) is 64.5. The number of hydrogen-bond acceptors (Lipinski definition) is 5. The Bertz CT molecular complexity index is 1110. The smallest absolute Gasteiger partial charge is 0.306 e. The van der Waals surface area contributed by atoms with E-state index in [9.17, 15) is 19.8 Å². The van der Waals surface area contributed by atoms with Crippen LogP contribution in [0, 0.1) is 0 Å². The van der Waals surface area contributed by atoms with Gasteiger partial charge in [-0.2, -0.15) is 0 Å². The van der Waals surface area contributed by atoms with Crippen LogP contribution >= 0.6 is 0 Å². The van der Waals surface area contributed by atoms with E-state index in [4.69, 9.17) is 4.74 Å². The zero-order valence-corrected chi connectivity index (χ0v) is 43.4. The maximum absolute atomic E-state index is 13.2. The molecule has 3 unspecified atom stereocenters. The second-order valence-corrected chi connectivity index (χ2v) is 19.3. The maximum Gasteiger partial charge on any atom is 0.306 e. The number of carbonyl (C=O) groups is 2. The van der Waals surface area contributed by atoms with Gasteiger partial charge in [-0.3, -0.25) is 9.59 Å². The predicted molar refractivity (Wildman–Crippen MR) is 282 cm³/mol. The van der Waals surface area contributed by atoms with Crippen molar-refractivity contribution in [3.63, 3.8) is 0 Å². The van der Waals surface area contributed by atoms with Gasteiger partial charge in [0.25, 0.3) is 0 Å². The van der Waals surface area contributed by atoms with E-state index in [-0.39, 0.29) is 24.9 Å². The van der Waals surface area contributed by atoms with Crippen molar-refractivity contribution in [2.75, 3.05) is 6.61 Å². The Hall–Kier alpha value is -2.18. The quantitative estimate of drug-likeness (QED) is 0.0321. The molecule has 0 aromatic heterocycles. The first-order valence-electron chi connectivity index (χ1n) is 28.4. The third-order valence-corrected chi connectivity index (χ3v) is 12.9. The number of ether oxygens (including phenoxy) is 1. The lowest BCUT2D eigenvalue weighted by atomic mass is 10.0. The Morgan fingerprint density at radius 2 is 0.785 bits per heavy atom. The molecule has 1 amide bonds. The van der Waals surface area contributed by atoms with E-state index in [1.165, 1.54) is 167 Å². The molecule has 0 heterocycles. The standard InChI is InChI=1S/C59H109NO5/c1-4-7-10-13-16-19-22-25-27-28-29-30-32-34-37-40-43-46-49-52-59(64)65-55(50-47-44-41-38-35-33-31-26-23-20-17-14-11-8-5-2)53-58(63)60-56(54-61)57(62)51-48-45-42-39-36-24-21-18-15-12-9-6-3/h16-17,19-20,25-27,31,55-57,61-62H,4-15,18,21-24,28-30,32-54H2,1-3H3,(H,60,63)/b19-16-,20-17-,27-25-,31-26-. The topological polar surface area (TPSA) is 95.9 Å². The molecule has 0 rings (SSSR count). The van der Waals surface area contributed by atoms with Crippen molar-refractivity contribution in [1.29, 1.82) is 0 Å². The average Bonchev–Trinajstić information content (AvgIpc) is 3.30. The SMILES string of the molecule is CCCCC/C=C\C/C=C\CCCCCCCCCCCC(=O)OC(CCCCCCC/C=C\C/C=C\CCCCC)CC(=O)NC(CO)C(O)CCCCCCCCCCCCCC. The summed E-state index contributed by atoms with van der Waals surface area (Å²) in [5.41, 5.74) is 0. The summed E-state index contributed by atoms with van der Waals surface area (Å²) in [6.45, 7) is 6.45. The molecule has 0 aliphatic carbocycles. The van der Waals surface area contributed by atoms with Gasteiger partial charge < -0.3 is 20.3 Å². The second kappa shape index (κ2) is 52.8. The molecule has 0 saturated carbocycles. The molecule has 0 spiro atoms. The molecule has 3 N–H and O–H groups in total. The molecule has 6 nitrogen and oxygen atoms in total. The number of hydrogen-bond donors (Lipinski definition) is 3. The minimum Gasteiger partial charge on any atom is -0.462 e. The van der Waals surface area contributed by atoms with Crippen molar-refractivity contribution >= 4 is 11.9 Å². The zero-order chi connectivity index (χ0) is 47.4. The third-order valence-electron chi connectivity index (χ3n) is 12.9. The van der Waals surface area contributed by atoms with E-state index in [2.05, 4.69) is 74.7 Å². The van der Waals surface area contributed by atoms with Crippen LogP contribution in [-0.4, -0.2) is 46.9 Å². The fraction of sp³-hybridized carbons (Fsp3) is 0.831. The van der Waals surface area contributed by atoms with Gasteiger partial charge in [0.1, 0.15) is 6.10 Å². The number of esters is 1. The Morgan fingerprint density at radius 1 is 0.446 bits per heavy atom. The monoisotopic (exact) mass is 912 g/mol. The normalized spacial score (nSPS) is 13.5. The Kier molecular flexibility index (Phi) is 51.0. The van der Waals surface area contributed by atoms with E-state index < -0.39 is 18.2 Å². The summed E-state index contributed by atoms with van der Waals surface area (Å²) in [6, 6.07) is -0.706. The van der Waals surface area contributed by atoms with Crippen LogP contribution < -0.4 is 5.32 Å². The van der Waals surface area contributed by atoms with Crippen molar-refractivity contribution < 1.29 is 24.5 Å². The molecule has 0 aliphatic heterocycles. The molecule has 0 aliphatic rings. The van der Waals surface area contributed by atoms with Crippen LogP contribution in [0.2, 0.25) is 0 Å². The van der Waals surface area contributed by atoms with Gasteiger partial charge in [-0.25, -0.2) is 0 Å². The molecular formula is C59H109NO5. The van der Waals surface area contributed by atoms with E-state index in [0.29, 0.717) is 19.3 Å². The molecule has 0 aromatic rings. The van der Waals surface area contributed by atoms with E-state index >= 15 is 0 Å². The van der Waals surface area contributed by atoms with Crippen LogP contribution in [-0.2, 0) is 14.3 Å². The van der Waals surface area contributed by atoms with E-state index in [0.717, 1.165) is 77.0 Å². The van der Waals surface area contributed by atoms with Crippen LogP contribution in [0.1, 0.15) is 290 Å². The molecule has 3 atom stereocenters. The summed E-state index contributed by atoms with van der Waals surface area (Å²) >= 11 is 0. The molecule has 0 radical (unpaired) electrons. The van der Waals surface area contributed by atoms with Gasteiger partial charge >= 0.3 is 5.97 Å². The van der Waals surface area contributed by atoms with Crippen LogP contribution in [0.5, 0.6) is 0 Å². The Morgan fingerprint density at radius 3 is 1.20 bits per heavy atom. The molecule has 0 aromatic carbocycles. The highest BCUT2D eigenvalue weighted by Crippen LogP contribution is 2.18. The Balaban J connectivity index is 4.56. The molecular weight excluding hydrogens is 803 g/mol. The summed E-state index contributed by atoms with van der Waals surface area (Å²) in [4.78, 5) is 26.3. The van der Waals surface area contributed by atoms with Gasteiger partial charge in [-0.05, 0) is 89.9 Å². The lowest BCUT2D eigenvalue weighted by molar-refractivity contribution is -0.151. The lowest BCUT2D eigenvalue weighted by Crippen LogP contribution is -2.46. The van der Waals surface area contributed by atoms with Crippen molar-refractivity contribution in [3.05, 3.63) is 48.6 Å². The number of carbonyl (C=O) groups excluding carboxylic acids is 2. The molecule has 0 bridgehead atoms. The lowest BCUT2D eigenvalue weighted by Gasteiger charge is -2.24. The van der Waals surface area contributed by atoms with Crippen LogP contribution in [0.4, 0.5) is 0 Å². The minimum absolute atomic E-state index is 0.0677. The van der Waals surface area contributed by atoms with Gasteiger partial charge in [0.15, 0.2) is 0 Å². The minimum atomic E-state index is -0.792. The van der Waals surface area contributed by atoms with Gasteiger partial charge in [0.2, 0.25) is 5.91 Å². The highest BCUT2D eigenvalue weighted by atomic mass is 16.5. The van der Waals surface area contributed by atoms with Crippen LogP contribution in [0.3, 0.4) is 0 Å². The first-order chi connectivity index (χ1) is 32.0. The number of unbranched alkanes of at least 4 members (excludes halogenated alkanes) is 31. The fourth-order valence-electron chi connectivity index (χ4n) is 8.55. The first-order valence-corrected chi connectivity index (χ1v) is 28.4. The van der Waals surface area contributed by atoms with Crippen molar-refractivity contribution in [2.24, 2.45) is 0 Å². The van der Waals surface area contributed by atoms with Crippen LogP contribution in [0.25, 0.3) is 0 Å². The highest BCUT2D eigenvalue weighted by molar-refractivity contribution is 5.77. The Labute approximate surface area is 404 Å². The molecule has 65 heavy (non-hydrogen) atoms. The largest absolute Gasteiger partial charge is 0.462 e. The van der Waals surface area contributed by atoms with Gasteiger partial charge in [0, 0.05) is 6.42 Å². The third kappa shape index (κ3) is 48.1. The van der Waals surface area contributed by atoms with Gasteiger partial charge in [-0.1, -0.05) is 236 Å². The van der Waals surface area contributed by atoms with Gasteiger partial charge in [-0.15, -0.1) is 0 Å². The first kappa shape index (κ1) is 62.8. The van der Waals surface area contributed by atoms with Crippen molar-refractivity contribution in [1.82, 2.24) is 5.32 Å². The van der Waals surface area contributed by atoms with Crippen molar-refractivity contribution in [3.8, 4) is 0 Å². The number of aliphatic hydroxyl groups is 2. The predicted octanol–water partition coefficient (Wildman–Crippen LogP) is 17.4. The summed E-state index contributed by atoms with van der Waals surface area (Å²) in [7, 11) is 0. The zero-order valence-electron chi connectivity index (χ0n) is 43.4. The van der Waals surface area contributed by atoms with Crippen LogP contribution in [0.15, 0.2) is 48.6 Å². The number of rotatable bonds is 51. The van der Waals surface area contributed by atoms with E-state index in [1.807, 2.05) is 0 Å². The number of nitrogens with one attached hydrogen (secondary N) is 1. The summed E-state index contributed by atoms with van der Waals surface area (Å²) in [5, 5.41) is 23.8. The highest BCUT2D eigenvalue weighted by Gasteiger charge is 2.24. The summed E-state index contributed by atoms with van der Waals surface area (Å²) in [5.74, 6) is -0.483. The molecule has 0 saturated heterocycles. The fourth-order valence-corrected chi connectivity index (χ4v) is 8.55. The van der Waals surface area contributed by atoms with Gasteiger partial charge in [0.05, 0.1) is 25.2 Å². The number of amides is 1. The summed E-state index contributed by atoms with van der Waals surface area (Å²) < 4.78 is 5.95. The average molecular weight is 913 g/mol. The molecule has 380 valence electrons. The second-order valence-electron chi connectivity index (χ2n) is 19.3. The molecule has 0 fully saturated rings.